The third-order valence-electron chi connectivity index (χ3n) is 1.52. The van der Waals surface area contributed by atoms with Crippen molar-refractivity contribution in [1.29, 1.82) is 0 Å². The number of hydrogen-bond acceptors (Lipinski definition) is 3. The Morgan fingerprint density at radius 3 is 2.27 bits per heavy atom. The molecule has 2 aromatic heterocycles. The summed E-state index contributed by atoms with van der Waals surface area (Å²) >= 11 is 0. The first-order valence-corrected chi connectivity index (χ1v) is 5.45. The summed E-state index contributed by atoms with van der Waals surface area (Å²) in [7, 11) is 0. The average molecular weight is 208 g/mol. The summed E-state index contributed by atoms with van der Waals surface area (Å²) in [5.41, 5.74) is 2.61. The van der Waals surface area contributed by atoms with E-state index in [0.717, 1.165) is 16.8 Å². The van der Waals surface area contributed by atoms with Crippen LogP contribution in [0.2, 0.25) is 0 Å². The molecule has 3 heteroatoms. The number of aryl methyl sites for hydroxylation is 2. The summed E-state index contributed by atoms with van der Waals surface area (Å²) in [6.07, 6.45) is 1.70. The van der Waals surface area contributed by atoms with Crippen molar-refractivity contribution >= 4 is 11.1 Å². The van der Waals surface area contributed by atoms with E-state index in [0.29, 0.717) is 5.89 Å². The van der Waals surface area contributed by atoms with Crippen LogP contribution >= 0.6 is 0 Å². The van der Waals surface area contributed by atoms with Crippen LogP contribution in [0.4, 0.5) is 0 Å². The second kappa shape index (κ2) is 6.98. The molecule has 0 saturated carbocycles. The van der Waals surface area contributed by atoms with E-state index in [1.165, 1.54) is 0 Å². The van der Waals surface area contributed by atoms with Gasteiger partial charge in [-0.15, -0.1) is 0 Å². The fourth-order valence-corrected chi connectivity index (χ4v) is 1.05. The van der Waals surface area contributed by atoms with E-state index >= 15 is 0 Å². The van der Waals surface area contributed by atoms with Crippen LogP contribution in [-0.2, 0) is 0 Å². The van der Waals surface area contributed by atoms with E-state index in [9.17, 15) is 0 Å². The zero-order valence-corrected chi connectivity index (χ0v) is 10.5. The molecule has 0 radical (unpaired) electrons. The summed E-state index contributed by atoms with van der Waals surface area (Å²) in [5.74, 6) is 0.687. The van der Waals surface area contributed by atoms with E-state index in [1.54, 1.807) is 6.20 Å². The van der Waals surface area contributed by atoms with E-state index in [2.05, 4.69) is 9.97 Å². The SMILES string of the molecule is CC.CC.Cc1cc2nc(C)oc2cn1. The van der Waals surface area contributed by atoms with Crippen molar-refractivity contribution in [3.8, 4) is 0 Å². The molecule has 0 amide bonds. The highest BCUT2D eigenvalue weighted by molar-refractivity contribution is 5.71. The van der Waals surface area contributed by atoms with Crippen molar-refractivity contribution < 1.29 is 4.42 Å². The Morgan fingerprint density at radius 2 is 1.67 bits per heavy atom. The van der Waals surface area contributed by atoms with Crippen LogP contribution in [0, 0.1) is 13.8 Å². The van der Waals surface area contributed by atoms with Crippen molar-refractivity contribution in [2.45, 2.75) is 41.5 Å². The molecule has 0 aliphatic carbocycles. The monoisotopic (exact) mass is 208 g/mol. The summed E-state index contributed by atoms with van der Waals surface area (Å²) < 4.78 is 5.25. The Hall–Kier alpha value is -1.38. The van der Waals surface area contributed by atoms with Gasteiger partial charge in [0.15, 0.2) is 11.5 Å². The Bertz CT molecular complexity index is 393. The maximum atomic E-state index is 5.25. The largest absolute Gasteiger partial charge is 0.439 e. The molecule has 2 rings (SSSR count). The fourth-order valence-electron chi connectivity index (χ4n) is 1.05. The van der Waals surface area contributed by atoms with E-state index < -0.39 is 0 Å². The predicted octanol–water partition coefficient (Wildman–Crippen LogP) is 3.89. The van der Waals surface area contributed by atoms with Gasteiger partial charge in [-0.25, -0.2) is 4.98 Å². The Kier molecular flexibility index (Phi) is 6.34. The number of nitrogens with zero attached hydrogens (tertiary/aromatic N) is 2. The molecule has 3 nitrogen and oxygen atoms in total. The van der Waals surface area contributed by atoms with Crippen LogP contribution in [-0.4, -0.2) is 9.97 Å². The highest BCUT2D eigenvalue weighted by Gasteiger charge is 2.00. The van der Waals surface area contributed by atoms with Gasteiger partial charge >= 0.3 is 0 Å². The van der Waals surface area contributed by atoms with Gasteiger partial charge in [0.1, 0.15) is 5.52 Å². The van der Waals surface area contributed by atoms with Gasteiger partial charge in [-0.2, -0.15) is 0 Å². The molecular weight excluding hydrogens is 188 g/mol. The standard InChI is InChI=1S/C8H8N2O.2C2H6/c1-5-3-7-8(4-9-5)11-6(2)10-7;2*1-2/h3-4H,1-2H3;2*1-2H3. The molecule has 0 atom stereocenters. The average Bonchev–Trinajstić information content (AvgIpc) is 2.63. The summed E-state index contributed by atoms with van der Waals surface area (Å²) in [6, 6.07) is 1.91. The minimum atomic E-state index is 0.687. The molecule has 0 unspecified atom stereocenters. The van der Waals surface area contributed by atoms with Gasteiger partial charge < -0.3 is 4.42 Å². The number of pyridine rings is 1. The molecule has 0 spiro atoms. The lowest BCUT2D eigenvalue weighted by atomic mass is 10.3. The van der Waals surface area contributed by atoms with Gasteiger partial charge in [0.25, 0.3) is 0 Å². The minimum absolute atomic E-state index is 0.687. The van der Waals surface area contributed by atoms with E-state index in [1.807, 2.05) is 47.6 Å². The number of rotatable bonds is 0. The molecule has 0 fully saturated rings. The number of oxazole rings is 1. The van der Waals surface area contributed by atoms with Crippen molar-refractivity contribution in [1.82, 2.24) is 9.97 Å². The molecule has 0 aliphatic heterocycles. The van der Waals surface area contributed by atoms with E-state index in [4.69, 9.17) is 4.42 Å². The second-order valence-electron chi connectivity index (χ2n) is 2.53. The first kappa shape index (κ1) is 13.6. The second-order valence-corrected chi connectivity index (χ2v) is 2.53. The van der Waals surface area contributed by atoms with Crippen LogP contribution in [0.25, 0.3) is 11.1 Å². The number of hydrogen-bond donors (Lipinski definition) is 0. The minimum Gasteiger partial charge on any atom is -0.439 e. The predicted molar refractivity (Wildman–Crippen MR) is 64.0 cm³/mol. The number of aromatic nitrogens is 2. The Balaban J connectivity index is 0.000000442. The maximum absolute atomic E-state index is 5.25. The van der Waals surface area contributed by atoms with Crippen molar-refractivity contribution in [2.24, 2.45) is 0 Å². The van der Waals surface area contributed by atoms with Crippen LogP contribution in [0.5, 0.6) is 0 Å². The molecule has 2 heterocycles. The van der Waals surface area contributed by atoms with Gasteiger partial charge in [-0.05, 0) is 13.0 Å². The normalized spacial score (nSPS) is 8.67. The molecule has 0 N–H and O–H groups in total. The molecule has 15 heavy (non-hydrogen) atoms. The molecule has 2 aromatic rings. The van der Waals surface area contributed by atoms with Gasteiger partial charge in [-0.1, -0.05) is 27.7 Å². The molecule has 0 aliphatic rings. The van der Waals surface area contributed by atoms with Gasteiger partial charge in [-0.3, -0.25) is 4.98 Å². The highest BCUT2D eigenvalue weighted by atomic mass is 16.3. The topological polar surface area (TPSA) is 38.9 Å². The summed E-state index contributed by atoms with van der Waals surface area (Å²) in [4.78, 5) is 8.25. The van der Waals surface area contributed by atoms with Gasteiger partial charge in [0.2, 0.25) is 0 Å². The highest BCUT2D eigenvalue weighted by Crippen LogP contribution is 2.13. The van der Waals surface area contributed by atoms with Crippen LogP contribution in [0.15, 0.2) is 16.7 Å². The Morgan fingerprint density at radius 1 is 1.07 bits per heavy atom. The lowest BCUT2D eigenvalue weighted by molar-refractivity contribution is 0.560. The van der Waals surface area contributed by atoms with Crippen molar-refractivity contribution in [3.05, 3.63) is 23.8 Å². The molecule has 0 aromatic carbocycles. The lowest BCUT2D eigenvalue weighted by Crippen LogP contribution is -1.77. The van der Waals surface area contributed by atoms with Crippen molar-refractivity contribution in [2.75, 3.05) is 0 Å². The lowest BCUT2D eigenvalue weighted by Gasteiger charge is -1.86. The summed E-state index contributed by atoms with van der Waals surface area (Å²) in [6.45, 7) is 11.8. The molecule has 84 valence electrons. The smallest absolute Gasteiger partial charge is 0.192 e. The summed E-state index contributed by atoms with van der Waals surface area (Å²) in [5, 5.41) is 0. The molecular formula is C12H20N2O. The number of fused-ring (bicyclic) bond motifs is 1. The quantitative estimate of drug-likeness (QED) is 0.659. The van der Waals surface area contributed by atoms with Crippen LogP contribution in [0.3, 0.4) is 0 Å². The zero-order chi connectivity index (χ0) is 11.8. The van der Waals surface area contributed by atoms with E-state index in [-0.39, 0.29) is 0 Å². The molecule has 0 bridgehead atoms. The first-order chi connectivity index (χ1) is 7.25. The van der Waals surface area contributed by atoms with Gasteiger partial charge in [0.05, 0.1) is 6.20 Å². The van der Waals surface area contributed by atoms with Gasteiger partial charge in [0, 0.05) is 12.6 Å². The maximum Gasteiger partial charge on any atom is 0.192 e. The Labute approximate surface area is 91.5 Å². The first-order valence-electron chi connectivity index (χ1n) is 5.45. The third kappa shape index (κ3) is 3.70. The van der Waals surface area contributed by atoms with Crippen molar-refractivity contribution in [3.63, 3.8) is 0 Å². The third-order valence-corrected chi connectivity index (χ3v) is 1.52. The van der Waals surface area contributed by atoms with Crippen LogP contribution in [0.1, 0.15) is 39.3 Å². The molecule has 0 saturated heterocycles. The van der Waals surface area contributed by atoms with Crippen LogP contribution < -0.4 is 0 Å². The fraction of sp³-hybridized carbons (Fsp3) is 0.500. The zero-order valence-electron chi connectivity index (χ0n) is 10.5.